The minimum atomic E-state index is 0.247. The van der Waals surface area contributed by atoms with Crippen LogP contribution in [0.25, 0.3) is 88.2 Å². The molecular formula is C43H22N6O. The molecule has 0 saturated carbocycles. The minimum Gasteiger partial charge on any atom is -0.456 e. The van der Waals surface area contributed by atoms with Crippen molar-refractivity contribution in [2.24, 2.45) is 0 Å². The lowest BCUT2D eigenvalue weighted by atomic mass is 9.97. The molecule has 0 unspecified atom stereocenters. The van der Waals surface area contributed by atoms with Gasteiger partial charge in [0.25, 0.3) is 0 Å². The Morgan fingerprint density at radius 1 is 0.580 bits per heavy atom. The largest absolute Gasteiger partial charge is 0.456 e. The van der Waals surface area contributed by atoms with Crippen LogP contribution in [-0.2, 0) is 0 Å². The molecule has 9 rings (SSSR count). The van der Waals surface area contributed by atoms with Crippen LogP contribution in [0, 0.1) is 29.2 Å². The van der Waals surface area contributed by atoms with E-state index in [0.29, 0.717) is 34.0 Å². The van der Waals surface area contributed by atoms with Gasteiger partial charge in [-0.25, -0.2) is 14.8 Å². The van der Waals surface area contributed by atoms with Gasteiger partial charge < -0.3 is 8.98 Å². The van der Waals surface area contributed by atoms with Crippen molar-refractivity contribution in [3.05, 3.63) is 156 Å². The Hall–Kier alpha value is -7.53. The molecule has 7 heteroatoms. The molecule has 0 atom stereocenters. The van der Waals surface area contributed by atoms with E-state index in [9.17, 15) is 10.5 Å². The summed E-state index contributed by atoms with van der Waals surface area (Å²) < 4.78 is 8.25. The number of nitrogens with zero attached hydrogens (tertiary/aromatic N) is 6. The summed E-state index contributed by atoms with van der Waals surface area (Å²) in [6.45, 7) is 8.38. The smallest absolute Gasteiger partial charge is 0.212 e. The van der Waals surface area contributed by atoms with Crippen molar-refractivity contribution >= 4 is 49.4 Å². The van der Waals surface area contributed by atoms with Crippen LogP contribution in [0.2, 0.25) is 0 Å². The Bertz CT molecular complexity index is 2920. The molecule has 0 spiro atoms. The SMILES string of the molecule is [C-]#[N+]c1cc(-c2nc(-c3ccccc3)nc(-c3ccccc3)c2C#N)cc(C#N)c1-n1c2ccccc2c2cc3c(cc21)oc1ccccc13. The Morgan fingerprint density at radius 3 is 1.96 bits per heavy atom. The summed E-state index contributed by atoms with van der Waals surface area (Å²) >= 11 is 0. The van der Waals surface area contributed by atoms with Crippen LogP contribution in [0.1, 0.15) is 11.1 Å². The second-order valence-electron chi connectivity index (χ2n) is 11.9. The molecule has 230 valence electrons. The van der Waals surface area contributed by atoms with Gasteiger partial charge in [0.1, 0.15) is 22.8 Å². The summed E-state index contributed by atoms with van der Waals surface area (Å²) in [5, 5.41) is 25.3. The number of para-hydroxylation sites is 2. The first kappa shape index (κ1) is 28.7. The van der Waals surface area contributed by atoms with E-state index in [4.69, 9.17) is 21.0 Å². The molecule has 0 N–H and O–H groups in total. The van der Waals surface area contributed by atoms with Gasteiger partial charge in [-0.05, 0) is 35.9 Å². The van der Waals surface area contributed by atoms with Crippen LogP contribution in [0.3, 0.4) is 0 Å². The Labute approximate surface area is 286 Å². The average molecular weight is 639 g/mol. The number of aromatic nitrogens is 3. The van der Waals surface area contributed by atoms with Crippen LogP contribution in [0.4, 0.5) is 5.69 Å². The highest BCUT2D eigenvalue weighted by Crippen LogP contribution is 2.43. The standard InChI is InChI=1S/C43H22N6O/c1-46-35-21-28(41-34(25-45)40(26-12-4-2-5-13-26)47-43(48-41)27-14-6-3-7-15-27)20-29(24-44)42(35)49-36-18-10-8-16-30(36)32-22-33-31-17-9-11-19-38(31)50-39(33)23-37(32)49/h2-23H. The van der Waals surface area contributed by atoms with Crippen LogP contribution >= 0.6 is 0 Å². The highest BCUT2D eigenvalue weighted by Gasteiger charge is 2.24. The number of benzene rings is 6. The summed E-state index contributed by atoms with van der Waals surface area (Å²) in [4.78, 5) is 13.7. The van der Waals surface area contributed by atoms with Gasteiger partial charge in [-0.2, -0.15) is 10.5 Å². The molecule has 0 saturated heterocycles. The maximum absolute atomic E-state index is 10.7. The van der Waals surface area contributed by atoms with E-state index in [-0.39, 0.29) is 16.8 Å². The summed E-state index contributed by atoms with van der Waals surface area (Å²) in [5.41, 5.74) is 7.22. The molecule has 3 aromatic heterocycles. The Kier molecular flexibility index (Phi) is 6.49. The van der Waals surface area contributed by atoms with Gasteiger partial charge in [0, 0.05) is 38.7 Å². The number of furan rings is 1. The topological polar surface area (TPSA) is 95.8 Å². The molecule has 0 fully saturated rings. The molecule has 0 bridgehead atoms. The molecule has 6 aromatic carbocycles. The van der Waals surface area contributed by atoms with E-state index in [2.05, 4.69) is 29.1 Å². The highest BCUT2D eigenvalue weighted by molar-refractivity contribution is 6.17. The molecule has 0 aliphatic carbocycles. The maximum Gasteiger partial charge on any atom is 0.212 e. The lowest BCUT2D eigenvalue weighted by Crippen LogP contribution is -2.03. The molecule has 0 radical (unpaired) electrons. The van der Waals surface area contributed by atoms with Gasteiger partial charge in [-0.3, -0.25) is 0 Å². The molecule has 50 heavy (non-hydrogen) atoms. The zero-order valence-electron chi connectivity index (χ0n) is 26.3. The lowest BCUT2D eigenvalue weighted by molar-refractivity contribution is 0.669. The van der Waals surface area contributed by atoms with E-state index in [0.717, 1.165) is 49.3 Å². The number of hydrogen-bond acceptors (Lipinski definition) is 5. The van der Waals surface area contributed by atoms with Crippen molar-refractivity contribution in [3.8, 4) is 51.7 Å². The van der Waals surface area contributed by atoms with Crippen molar-refractivity contribution < 1.29 is 4.42 Å². The van der Waals surface area contributed by atoms with E-state index in [1.54, 1.807) is 12.1 Å². The molecular weight excluding hydrogens is 617 g/mol. The van der Waals surface area contributed by atoms with Crippen LogP contribution < -0.4 is 0 Å². The van der Waals surface area contributed by atoms with Gasteiger partial charge in [-0.15, -0.1) is 0 Å². The van der Waals surface area contributed by atoms with Crippen LogP contribution in [-0.4, -0.2) is 14.5 Å². The predicted molar refractivity (Wildman–Crippen MR) is 196 cm³/mol. The first-order valence-electron chi connectivity index (χ1n) is 15.9. The van der Waals surface area contributed by atoms with Gasteiger partial charge in [-0.1, -0.05) is 97.1 Å². The van der Waals surface area contributed by atoms with Crippen molar-refractivity contribution in [1.29, 1.82) is 10.5 Å². The number of rotatable bonds is 4. The maximum atomic E-state index is 10.7. The predicted octanol–water partition coefficient (Wildman–Crippen LogP) is 10.8. The fourth-order valence-corrected chi connectivity index (χ4v) is 6.89. The van der Waals surface area contributed by atoms with Gasteiger partial charge in [0.05, 0.1) is 46.3 Å². The fourth-order valence-electron chi connectivity index (χ4n) is 6.89. The van der Waals surface area contributed by atoms with E-state index < -0.39 is 0 Å². The molecule has 0 aliphatic rings. The van der Waals surface area contributed by atoms with E-state index in [1.807, 2.05) is 114 Å². The zero-order valence-corrected chi connectivity index (χ0v) is 26.3. The number of fused-ring (bicyclic) bond motifs is 6. The second-order valence-corrected chi connectivity index (χ2v) is 11.9. The highest BCUT2D eigenvalue weighted by atomic mass is 16.3. The Morgan fingerprint density at radius 2 is 1.24 bits per heavy atom. The molecule has 9 aromatic rings. The Balaban J connectivity index is 1.34. The van der Waals surface area contributed by atoms with Gasteiger partial charge in [0.2, 0.25) is 5.69 Å². The van der Waals surface area contributed by atoms with E-state index in [1.165, 1.54) is 0 Å². The summed E-state index contributed by atoms with van der Waals surface area (Å²) in [6.07, 6.45) is 0. The van der Waals surface area contributed by atoms with Crippen molar-refractivity contribution in [3.63, 3.8) is 0 Å². The summed E-state index contributed by atoms with van der Waals surface area (Å²) in [7, 11) is 0. The molecule has 3 heterocycles. The molecule has 0 aliphatic heterocycles. The van der Waals surface area contributed by atoms with Crippen molar-refractivity contribution in [2.45, 2.75) is 0 Å². The van der Waals surface area contributed by atoms with Gasteiger partial charge >= 0.3 is 0 Å². The molecule has 0 amide bonds. The first-order valence-corrected chi connectivity index (χ1v) is 15.9. The first-order chi connectivity index (χ1) is 24.7. The molecule has 7 nitrogen and oxygen atoms in total. The third-order valence-corrected chi connectivity index (χ3v) is 9.10. The second kappa shape index (κ2) is 11.3. The average Bonchev–Trinajstić information content (AvgIpc) is 3.71. The lowest BCUT2D eigenvalue weighted by Gasteiger charge is -2.16. The fraction of sp³-hybridized carbons (Fsp3) is 0. The summed E-state index contributed by atoms with van der Waals surface area (Å²) in [5.74, 6) is 0.433. The quantitative estimate of drug-likeness (QED) is 0.179. The van der Waals surface area contributed by atoms with Gasteiger partial charge in [0.15, 0.2) is 5.82 Å². The van der Waals surface area contributed by atoms with Crippen molar-refractivity contribution in [1.82, 2.24) is 14.5 Å². The van der Waals surface area contributed by atoms with Crippen LogP contribution in [0.5, 0.6) is 0 Å². The van der Waals surface area contributed by atoms with E-state index >= 15 is 0 Å². The minimum absolute atomic E-state index is 0.247. The third kappa shape index (κ3) is 4.34. The zero-order chi connectivity index (χ0) is 33.8. The third-order valence-electron chi connectivity index (χ3n) is 9.10. The van der Waals surface area contributed by atoms with Crippen LogP contribution in [0.15, 0.2) is 138 Å². The number of hydrogen-bond donors (Lipinski definition) is 0. The normalized spacial score (nSPS) is 11.1. The summed E-state index contributed by atoms with van der Waals surface area (Å²) in [6, 6.07) is 47.2. The van der Waals surface area contributed by atoms with Crippen molar-refractivity contribution in [2.75, 3.05) is 0 Å². The number of nitriles is 2. The monoisotopic (exact) mass is 638 g/mol.